The lowest BCUT2D eigenvalue weighted by atomic mass is 9.86. The third-order valence-corrected chi connectivity index (χ3v) is 3.41. The lowest BCUT2D eigenvalue weighted by Gasteiger charge is -2.22. The maximum absolute atomic E-state index is 11.2. The predicted molar refractivity (Wildman–Crippen MR) is 81.5 cm³/mol. The zero-order chi connectivity index (χ0) is 15.3. The zero-order valence-corrected chi connectivity index (χ0v) is 13.2. The van der Waals surface area contributed by atoms with E-state index in [9.17, 15) is 9.90 Å². The first-order valence-electron chi connectivity index (χ1n) is 7.26. The molecule has 3 nitrogen and oxygen atoms in total. The molecule has 0 radical (unpaired) electrons. The molecule has 0 heterocycles. The molecule has 112 valence electrons. The van der Waals surface area contributed by atoms with Crippen LogP contribution in [0.1, 0.15) is 58.1 Å². The van der Waals surface area contributed by atoms with E-state index >= 15 is 0 Å². The third-order valence-electron chi connectivity index (χ3n) is 3.41. The second-order valence-corrected chi connectivity index (χ2v) is 6.32. The maximum Gasteiger partial charge on any atom is 0.344 e. The minimum absolute atomic E-state index is 0.0811. The quantitative estimate of drug-likeness (QED) is 0.843. The van der Waals surface area contributed by atoms with Gasteiger partial charge in [0.1, 0.15) is 5.75 Å². The van der Waals surface area contributed by atoms with Gasteiger partial charge in [-0.25, -0.2) is 4.79 Å². The molecule has 1 aromatic carbocycles. The number of carboxylic acid groups (broad SMARTS) is 1. The summed E-state index contributed by atoms with van der Waals surface area (Å²) in [6.07, 6.45) is 1.62. The van der Waals surface area contributed by atoms with E-state index in [-0.39, 0.29) is 5.41 Å². The van der Waals surface area contributed by atoms with Crippen molar-refractivity contribution < 1.29 is 14.6 Å². The molecule has 0 aliphatic carbocycles. The molecule has 20 heavy (non-hydrogen) atoms. The van der Waals surface area contributed by atoms with Gasteiger partial charge in [-0.3, -0.25) is 0 Å². The van der Waals surface area contributed by atoms with E-state index in [4.69, 9.17) is 4.74 Å². The van der Waals surface area contributed by atoms with Crippen LogP contribution in [0.4, 0.5) is 0 Å². The van der Waals surface area contributed by atoms with Gasteiger partial charge < -0.3 is 9.84 Å². The SMILES string of the molecule is CCCCC(Oc1ccc(C(C)(C)C)cc1C)C(=O)O. The number of aliphatic carboxylic acids is 1. The number of carboxylic acids is 1. The van der Waals surface area contributed by atoms with E-state index in [0.29, 0.717) is 12.2 Å². The molecule has 0 aliphatic heterocycles. The molecule has 0 saturated heterocycles. The molecule has 0 spiro atoms. The molecule has 1 unspecified atom stereocenters. The minimum Gasteiger partial charge on any atom is -0.479 e. The van der Waals surface area contributed by atoms with E-state index in [1.54, 1.807) is 0 Å². The molecule has 0 fully saturated rings. The molecule has 0 aliphatic rings. The Morgan fingerprint density at radius 3 is 2.45 bits per heavy atom. The highest BCUT2D eigenvalue weighted by Crippen LogP contribution is 2.28. The number of hydrogen-bond acceptors (Lipinski definition) is 2. The fourth-order valence-electron chi connectivity index (χ4n) is 2.02. The van der Waals surface area contributed by atoms with Gasteiger partial charge in [0.2, 0.25) is 0 Å². The molecule has 0 bridgehead atoms. The smallest absolute Gasteiger partial charge is 0.344 e. The number of aryl methyl sites for hydroxylation is 1. The van der Waals surface area contributed by atoms with Crippen LogP contribution in [0.3, 0.4) is 0 Å². The molecule has 1 aromatic rings. The Labute approximate surface area is 122 Å². The van der Waals surface area contributed by atoms with E-state index in [1.165, 1.54) is 5.56 Å². The van der Waals surface area contributed by atoms with Gasteiger partial charge in [0.25, 0.3) is 0 Å². The summed E-state index contributed by atoms with van der Waals surface area (Å²) in [5.74, 6) is -0.223. The minimum atomic E-state index is -0.891. The van der Waals surface area contributed by atoms with Crippen LogP contribution in [-0.2, 0) is 10.2 Å². The number of rotatable bonds is 6. The highest BCUT2D eigenvalue weighted by molar-refractivity contribution is 5.72. The van der Waals surface area contributed by atoms with E-state index < -0.39 is 12.1 Å². The lowest BCUT2D eigenvalue weighted by Crippen LogP contribution is -2.27. The van der Waals surface area contributed by atoms with Crippen molar-refractivity contribution in [2.75, 3.05) is 0 Å². The van der Waals surface area contributed by atoms with Crippen molar-refractivity contribution in [3.63, 3.8) is 0 Å². The van der Waals surface area contributed by atoms with Crippen LogP contribution < -0.4 is 4.74 Å². The summed E-state index contributed by atoms with van der Waals surface area (Å²) in [6.45, 7) is 10.5. The fraction of sp³-hybridized carbons (Fsp3) is 0.588. The standard InChI is InChI=1S/C17H26O3/c1-6-7-8-15(16(18)19)20-14-10-9-13(11-12(14)2)17(3,4)5/h9-11,15H,6-8H2,1-5H3,(H,18,19). The highest BCUT2D eigenvalue weighted by atomic mass is 16.5. The number of unbranched alkanes of at least 4 members (excludes halogenated alkanes) is 1. The summed E-state index contributed by atoms with van der Waals surface area (Å²) in [5.41, 5.74) is 2.29. The molecule has 1 atom stereocenters. The molecule has 0 amide bonds. The van der Waals surface area contributed by atoms with Crippen LogP contribution in [0, 0.1) is 6.92 Å². The van der Waals surface area contributed by atoms with Gasteiger partial charge in [-0.2, -0.15) is 0 Å². The molecule has 1 rings (SSSR count). The summed E-state index contributed by atoms with van der Waals surface area (Å²) in [4.78, 5) is 11.2. The highest BCUT2D eigenvalue weighted by Gasteiger charge is 2.20. The van der Waals surface area contributed by atoms with Crippen molar-refractivity contribution >= 4 is 5.97 Å². The van der Waals surface area contributed by atoms with Gasteiger partial charge in [-0.1, -0.05) is 46.2 Å². The average Bonchev–Trinajstić information content (AvgIpc) is 2.34. The second kappa shape index (κ2) is 6.78. The van der Waals surface area contributed by atoms with Gasteiger partial charge in [0.05, 0.1) is 0 Å². The Bertz CT molecular complexity index is 458. The van der Waals surface area contributed by atoms with Gasteiger partial charge in [-0.15, -0.1) is 0 Å². The van der Waals surface area contributed by atoms with E-state index in [0.717, 1.165) is 18.4 Å². The van der Waals surface area contributed by atoms with Crippen molar-refractivity contribution in [1.29, 1.82) is 0 Å². The summed E-state index contributed by atoms with van der Waals surface area (Å²) < 4.78 is 5.68. The maximum atomic E-state index is 11.2. The molecular formula is C17H26O3. The van der Waals surface area contributed by atoms with Crippen LogP contribution in [0.2, 0.25) is 0 Å². The fourth-order valence-corrected chi connectivity index (χ4v) is 2.02. The van der Waals surface area contributed by atoms with Crippen LogP contribution in [0.15, 0.2) is 18.2 Å². The van der Waals surface area contributed by atoms with Crippen molar-refractivity contribution in [3.05, 3.63) is 29.3 Å². The Kier molecular flexibility index (Phi) is 5.61. The van der Waals surface area contributed by atoms with Crippen molar-refractivity contribution in [2.45, 2.75) is 65.4 Å². The number of carbonyl (C=O) groups is 1. The topological polar surface area (TPSA) is 46.5 Å². The van der Waals surface area contributed by atoms with Crippen molar-refractivity contribution in [2.24, 2.45) is 0 Å². The Balaban J connectivity index is 2.88. The molecule has 3 heteroatoms. The van der Waals surface area contributed by atoms with Gasteiger partial charge in [0, 0.05) is 0 Å². The Morgan fingerprint density at radius 1 is 1.35 bits per heavy atom. The predicted octanol–water partition coefficient (Wildman–Crippen LogP) is 4.31. The summed E-state index contributed by atoms with van der Waals surface area (Å²) in [7, 11) is 0. The first kappa shape index (κ1) is 16.5. The van der Waals surface area contributed by atoms with Crippen molar-refractivity contribution in [1.82, 2.24) is 0 Å². The van der Waals surface area contributed by atoms with Crippen LogP contribution in [0.5, 0.6) is 5.75 Å². The summed E-state index contributed by atoms with van der Waals surface area (Å²) in [6, 6.07) is 5.98. The second-order valence-electron chi connectivity index (χ2n) is 6.32. The van der Waals surface area contributed by atoms with Crippen molar-refractivity contribution in [3.8, 4) is 5.75 Å². The summed E-state index contributed by atoms with van der Waals surface area (Å²) in [5, 5.41) is 9.21. The van der Waals surface area contributed by atoms with Crippen LogP contribution in [0.25, 0.3) is 0 Å². The molecular weight excluding hydrogens is 252 g/mol. The largest absolute Gasteiger partial charge is 0.479 e. The van der Waals surface area contributed by atoms with Crippen LogP contribution >= 0.6 is 0 Å². The molecule has 1 N–H and O–H groups in total. The Morgan fingerprint density at radius 2 is 2.00 bits per heavy atom. The van der Waals surface area contributed by atoms with Gasteiger partial charge in [0.15, 0.2) is 6.10 Å². The number of hydrogen-bond donors (Lipinski definition) is 1. The zero-order valence-electron chi connectivity index (χ0n) is 13.2. The lowest BCUT2D eigenvalue weighted by molar-refractivity contribution is -0.145. The molecule has 0 saturated carbocycles. The number of ether oxygens (including phenoxy) is 1. The first-order valence-corrected chi connectivity index (χ1v) is 7.26. The number of benzene rings is 1. The molecule has 0 aromatic heterocycles. The van der Waals surface area contributed by atoms with Crippen LogP contribution in [-0.4, -0.2) is 17.2 Å². The van der Waals surface area contributed by atoms with E-state index in [1.807, 2.05) is 26.0 Å². The monoisotopic (exact) mass is 278 g/mol. The normalized spacial score (nSPS) is 13.1. The summed E-state index contributed by atoms with van der Waals surface area (Å²) >= 11 is 0. The Hall–Kier alpha value is -1.51. The van der Waals surface area contributed by atoms with Gasteiger partial charge in [-0.05, 0) is 42.4 Å². The first-order chi connectivity index (χ1) is 9.25. The third kappa shape index (κ3) is 4.55. The van der Waals surface area contributed by atoms with Gasteiger partial charge >= 0.3 is 5.97 Å². The van der Waals surface area contributed by atoms with E-state index in [2.05, 4.69) is 26.8 Å². The average molecular weight is 278 g/mol.